The SMILES string of the molecule is [B]C(O)(CC)CC. The van der Waals surface area contributed by atoms with Gasteiger partial charge in [-0.05, 0) is 12.8 Å². The van der Waals surface area contributed by atoms with Crippen LogP contribution in [0.25, 0.3) is 0 Å². The smallest absolute Gasteiger partial charge is 0.113 e. The summed E-state index contributed by atoms with van der Waals surface area (Å²) >= 11 is 0. The molecule has 0 saturated heterocycles. The van der Waals surface area contributed by atoms with Crippen LogP contribution in [0.4, 0.5) is 0 Å². The minimum Gasteiger partial charge on any atom is -0.400 e. The summed E-state index contributed by atoms with van der Waals surface area (Å²) in [5, 5.41) is 8.91. The van der Waals surface area contributed by atoms with Crippen LogP contribution in [0, 0.1) is 0 Å². The third kappa shape index (κ3) is 2.69. The van der Waals surface area contributed by atoms with Gasteiger partial charge in [-0.15, -0.1) is 0 Å². The van der Waals surface area contributed by atoms with Gasteiger partial charge >= 0.3 is 0 Å². The van der Waals surface area contributed by atoms with Crippen molar-refractivity contribution >= 4 is 7.85 Å². The van der Waals surface area contributed by atoms with Gasteiger partial charge in [0.05, 0.1) is 0 Å². The maximum absolute atomic E-state index is 8.91. The van der Waals surface area contributed by atoms with Crippen molar-refractivity contribution < 1.29 is 5.11 Å². The molecule has 2 radical (unpaired) electrons. The first-order valence-corrected chi connectivity index (χ1v) is 2.63. The molecule has 0 bridgehead atoms. The molecule has 0 fully saturated rings. The lowest BCUT2D eigenvalue weighted by Gasteiger charge is -2.17. The van der Waals surface area contributed by atoms with Gasteiger partial charge in [0.15, 0.2) is 0 Å². The van der Waals surface area contributed by atoms with E-state index in [-0.39, 0.29) is 0 Å². The predicted molar refractivity (Wildman–Crippen MR) is 31.3 cm³/mol. The van der Waals surface area contributed by atoms with Crippen molar-refractivity contribution in [3.05, 3.63) is 0 Å². The van der Waals surface area contributed by atoms with E-state index in [1.807, 2.05) is 13.8 Å². The predicted octanol–water partition coefficient (Wildman–Crippen LogP) is 0.663. The molecule has 0 aliphatic rings. The second kappa shape index (κ2) is 2.36. The maximum atomic E-state index is 8.91. The molecule has 0 heterocycles. The van der Waals surface area contributed by atoms with Crippen LogP contribution in [0.1, 0.15) is 26.7 Å². The van der Waals surface area contributed by atoms with Crippen LogP contribution >= 0.6 is 0 Å². The Labute approximate surface area is 46.1 Å². The van der Waals surface area contributed by atoms with Crippen molar-refractivity contribution in [1.82, 2.24) is 0 Å². The largest absolute Gasteiger partial charge is 0.400 e. The molecular weight excluding hydrogens is 86.9 g/mol. The van der Waals surface area contributed by atoms with Crippen LogP contribution in [0.2, 0.25) is 0 Å². The van der Waals surface area contributed by atoms with Gasteiger partial charge in [-0.3, -0.25) is 0 Å². The van der Waals surface area contributed by atoms with Crippen molar-refractivity contribution in [3.63, 3.8) is 0 Å². The minimum atomic E-state index is -0.917. The fourth-order valence-electron chi connectivity index (χ4n) is 0.250. The van der Waals surface area contributed by atoms with Crippen molar-refractivity contribution in [3.8, 4) is 0 Å². The number of rotatable bonds is 2. The van der Waals surface area contributed by atoms with E-state index in [1.54, 1.807) is 0 Å². The highest BCUT2D eigenvalue weighted by atomic mass is 16.3. The molecule has 40 valence electrons. The normalized spacial score (nSPS) is 11.9. The van der Waals surface area contributed by atoms with Crippen molar-refractivity contribution in [2.75, 3.05) is 0 Å². The van der Waals surface area contributed by atoms with Gasteiger partial charge in [0.25, 0.3) is 0 Å². The Bertz CT molecular complexity index is 46.0. The zero-order valence-corrected chi connectivity index (χ0v) is 4.94. The molecule has 0 spiro atoms. The average Bonchev–Trinajstić information content (AvgIpc) is 1.68. The Morgan fingerprint density at radius 2 is 1.71 bits per heavy atom. The lowest BCUT2D eigenvalue weighted by atomic mass is 9.77. The first-order valence-electron chi connectivity index (χ1n) is 2.63. The van der Waals surface area contributed by atoms with Gasteiger partial charge in [-0.1, -0.05) is 13.8 Å². The zero-order valence-electron chi connectivity index (χ0n) is 4.94. The fraction of sp³-hybridized carbons (Fsp3) is 1.00. The van der Waals surface area contributed by atoms with E-state index in [1.165, 1.54) is 0 Å². The van der Waals surface area contributed by atoms with E-state index in [4.69, 9.17) is 13.0 Å². The molecule has 0 unspecified atom stereocenters. The Morgan fingerprint density at radius 1 is 1.43 bits per heavy atom. The van der Waals surface area contributed by atoms with E-state index in [0.29, 0.717) is 12.8 Å². The molecule has 0 aliphatic heterocycles. The summed E-state index contributed by atoms with van der Waals surface area (Å²) in [6, 6.07) is 0. The third-order valence-electron chi connectivity index (χ3n) is 1.22. The monoisotopic (exact) mass is 98.1 g/mol. The summed E-state index contributed by atoms with van der Waals surface area (Å²) in [4.78, 5) is 0. The second-order valence-electron chi connectivity index (χ2n) is 1.81. The summed E-state index contributed by atoms with van der Waals surface area (Å²) in [6.45, 7) is 3.73. The molecule has 0 aromatic heterocycles. The van der Waals surface area contributed by atoms with Crippen LogP contribution in [0.5, 0.6) is 0 Å². The summed E-state index contributed by atoms with van der Waals surface area (Å²) in [5.74, 6) is 0. The van der Waals surface area contributed by atoms with Crippen molar-refractivity contribution in [2.45, 2.75) is 32.2 Å². The van der Waals surface area contributed by atoms with E-state index >= 15 is 0 Å². The van der Waals surface area contributed by atoms with Crippen LogP contribution in [-0.2, 0) is 0 Å². The van der Waals surface area contributed by atoms with Gasteiger partial charge in [0.2, 0.25) is 0 Å². The second-order valence-corrected chi connectivity index (χ2v) is 1.81. The molecule has 0 aromatic carbocycles. The standard InChI is InChI=1S/C5H11BO/c1-3-5(6,7)4-2/h7H,3-4H2,1-2H3. The first kappa shape index (κ1) is 7.02. The highest BCUT2D eigenvalue weighted by Crippen LogP contribution is 2.06. The van der Waals surface area contributed by atoms with Crippen molar-refractivity contribution in [2.24, 2.45) is 0 Å². The molecule has 0 aromatic rings. The molecule has 0 atom stereocenters. The summed E-state index contributed by atoms with van der Waals surface area (Å²) in [5.41, 5.74) is -0.917. The van der Waals surface area contributed by atoms with E-state index in [0.717, 1.165) is 0 Å². The number of hydrogen-bond acceptors (Lipinski definition) is 1. The summed E-state index contributed by atoms with van der Waals surface area (Å²) in [6.07, 6.45) is 1.26. The number of aliphatic hydroxyl groups is 1. The Hall–Kier alpha value is 0.0249. The molecule has 7 heavy (non-hydrogen) atoms. The summed E-state index contributed by atoms with van der Waals surface area (Å²) in [7, 11) is 5.27. The molecule has 2 heteroatoms. The molecule has 0 aliphatic carbocycles. The van der Waals surface area contributed by atoms with Crippen LogP contribution in [0.15, 0.2) is 0 Å². The Kier molecular flexibility index (Phi) is 2.37. The van der Waals surface area contributed by atoms with E-state index in [2.05, 4.69) is 0 Å². The third-order valence-corrected chi connectivity index (χ3v) is 1.22. The highest BCUT2D eigenvalue weighted by Gasteiger charge is 2.11. The number of hydrogen-bond donors (Lipinski definition) is 1. The Balaban J connectivity index is 3.36. The molecule has 0 saturated carbocycles. The minimum absolute atomic E-state index is 0.628. The average molecular weight is 98.0 g/mol. The lowest BCUT2D eigenvalue weighted by molar-refractivity contribution is 0.119. The van der Waals surface area contributed by atoms with E-state index in [9.17, 15) is 0 Å². The lowest BCUT2D eigenvalue weighted by Crippen LogP contribution is -2.25. The fourth-order valence-corrected chi connectivity index (χ4v) is 0.250. The van der Waals surface area contributed by atoms with Gasteiger partial charge in [-0.2, -0.15) is 0 Å². The highest BCUT2D eigenvalue weighted by molar-refractivity contribution is 6.14. The van der Waals surface area contributed by atoms with Gasteiger partial charge in [0.1, 0.15) is 7.85 Å². The quantitative estimate of drug-likeness (QED) is 0.503. The molecule has 0 rings (SSSR count). The molecule has 1 N–H and O–H groups in total. The van der Waals surface area contributed by atoms with Gasteiger partial charge in [-0.25, -0.2) is 0 Å². The topological polar surface area (TPSA) is 20.2 Å². The van der Waals surface area contributed by atoms with Gasteiger partial charge < -0.3 is 5.11 Å². The van der Waals surface area contributed by atoms with Crippen LogP contribution in [-0.4, -0.2) is 18.5 Å². The molecule has 0 amide bonds. The van der Waals surface area contributed by atoms with Crippen LogP contribution < -0.4 is 0 Å². The molecule has 1 nitrogen and oxygen atoms in total. The molecular formula is C5H11BO. The zero-order chi connectivity index (χ0) is 5.91. The van der Waals surface area contributed by atoms with E-state index < -0.39 is 5.50 Å². The first-order chi connectivity index (χ1) is 3.12. The summed E-state index contributed by atoms with van der Waals surface area (Å²) < 4.78 is 0. The Morgan fingerprint density at radius 3 is 1.71 bits per heavy atom. The van der Waals surface area contributed by atoms with Crippen LogP contribution in [0.3, 0.4) is 0 Å². The maximum Gasteiger partial charge on any atom is 0.113 e. The van der Waals surface area contributed by atoms with Gasteiger partial charge in [0, 0.05) is 5.50 Å². The van der Waals surface area contributed by atoms with Crippen molar-refractivity contribution in [1.29, 1.82) is 0 Å².